The van der Waals surface area contributed by atoms with Crippen LogP contribution in [-0.4, -0.2) is 16.7 Å². The van der Waals surface area contributed by atoms with Crippen molar-refractivity contribution < 1.29 is 9.59 Å². The van der Waals surface area contributed by atoms with Crippen LogP contribution in [0.3, 0.4) is 0 Å². The fraction of sp³-hybridized carbons (Fsp3) is 0.214. The van der Waals surface area contributed by atoms with Gasteiger partial charge in [-0.15, -0.1) is 11.3 Å². The number of aromatic nitrogens is 1. The topological polar surface area (TPSA) is 59.1 Å². The molecule has 0 spiro atoms. The second-order valence-electron chi connectivity index (χ2n) is 4.25. The molecule has 0 saturated heterocycles. The number of amides is 1. The highest BCUT2D eigenvalue weighted by atomic mass is 32.1. The van der Waals surface area contributed by atoms with Crippen molar-refractivity contribution in [2.45, 2.75) is 20.8 Å². The number of hydrogen-bond donors (Lipinski definition) is 1. The molecule has 0 aliphatic carbocycles. The molecule has 1 amide bonds. The Balaban J connectivity index is 2.19. The summed E-state index contributed by atoms with van der Waals surface area (Å²) in [6.45, 7) is 5.30. The molecule has 0 aliphatic rings. The molecule has 2 rings (SSSR count). The molecule has 0 bridgehead atoms. The van der Waals surface area contributed by atoms with E-state index in [0.29, 0.717) is 16.3 Å². The number of benzene rings is 1. The molecule has 2 aromatic rings. The number of thiazole rings is 1. The highest BCUT2D eigenvalue weighted by molar-refractivity contribution is 7.13. The van der Waals surface area contributed by atoms with E-state index in [4.69, 9.17) is 0 Å². The number of hydrogen-bond acceptors (Lipinski definition) is 4. The van der Waals surface area contributed by atoms with Crippen LogP contribution in [0.1, 0.15) is 37.7 Å². The van der Waals surface area contributed by atoms with Crippen LogP contribution in [-0.2, 0) is 0 Å². The van der Waals surface area contributed by atoms with Crippen molar-refractivity contribution in [2.75, 3.05) is 5.32 Å². The van der Waals surface area contributed by atoms with Crippen LogP contribution in [0.2, 0.25) is 0 Å². The number of anilines is 1. The lowest BCUT2D eigenvalue weighted by Gasteiger charge is -2.04. The zero-order valence-corrected chi connectivity index (χ0v) is 11.8. The quantitative estimate of drug-likeness (QED) is 0.874. The molecular weight excluding hydrogens is 260 g/mol. The second kappa shape index (κ2) is 5.32. The Morgan fingerprint density at radius 3 is 2.58 bits per heavy atom. The normalized spacial score (nSPS) is 10.3. The minimum absolute atomic E-state index is 0.0305. The van der Waals surface area contributed by atoms with Gasteiger partial charge in [0, 0.05) is 16.1 Å². The molecule has 0 aliphatic heterocycles. The molecule has 5 heteroatoms. The van der Waals surface area contributed by atoms with Gasteiger partial charge in [-0.25, -0.2) is 4.98 Å². The third-order valence-corrected chi connectivity index (χ3v) is 3.82. The minimum atomic E-state index is -0.248. The van der Waals surface area contributed by atoms with E-state index in [2.05, 4.69) is 10.3 Å². The van der Waals surface area contributed by atoms with Gasteiger partial charge < -0.3 is 5.32 Å². The van der Waals surface area contributed by atoms with E-state index in [-0.39, 0.29) is 11.7 Å². The molecule has 4 nitrogen and oxygen atoms in total. The van der Waals surface area contributed by atoms with Crippen LogP contribution in [0.25, 0.3) is 0 Å². The maximum absolute atomic E-state index is 12.0. The fourth-order valence-electron chi connectivity index (χ4n) is 1.57. The van der Waals surface area contributed by atoms with Gasteiger partial charge in [-0.1, -0.05) is 12.1 Å². The molecule has 1 N–H and O–H groups in total. The monoisotopic (exact) mass is 274 g/mol. The first kappa shape index (κ1) is 13.4. The summed E-state index contributed by atoms with van der Waals surface area (Å²) in [6, 6.07) is 6.87. The number of carbonyl (C=O) groups is 2. The van der Waals surface area contributed by atoms with Crippen molar-refractivity contribution in [2.24, 2.45) is 0 Å². The van der Waals surface area contributed by atoms with Crippen molar-refractivity contribution in [3.05, 3.63) is 45.4 Å². The largest absolute Gasteiger partial charge is 0.320 e. The highest BCUT2D eigenvalue weighted by Crippen LogP contribution is 2.18. The average Bonchev–Trinajstić information content (AvgIpc) is 2.70. The van der Waals surface area contributed by atoms with Gasteiger partial charge in [0.05, 0.1) is 5.69 Å². The van der Waals surface area contributed by atoms with E-state index in [0.717, 1.165) is 10.6 Å². The molecule has 19 heavy (non-hydrogen) atoms. The SMILES string of the molecule is CC(=O)c1cccc(NC(=O)c2nc(C)c(C)s2)c1. The van der Waals surface area contributed by atoms with Gasteiger partial charge in [0.1, 0.15) is 0 Å². The number of ketones is 1. The van der Waals surface area contributed by atoms with E-state index in [1.807, 2.05) is 13.8 Å². The van der Waals surface area contributed by atoms with Crippen LogP contribution in [0.4, 0.5) is 5.69 Å². The zero-order valence-electron chi connectivity index (χ0n) is 11.0. The predicted octanol–water partition coefficient (Wildman–Crippen LogP) is 3.21. The number of nitrogens with one attached hydrogen (secondary N) is 1. The Morgan fingerprint density at radius 1 is 1.26 bits per heavy atom. The van der Waals surface area contributed by atoms with Crippen LogP contribution >= 0.6 is 11.3 Å². The molecule has 1 aromatic heterocycles. The van der Waals surface area contributed by atoms with E-state index >= 15 is 0 Å². The minimum Gasteiger partial charge on any atom is -0.320 e. The van der Waals surface area contributed by atoms with Gasteiger partial charge in [0.15, 0.2) is 10.8 Å². The first-order valence-electron chi connectivity index (χ1n) is 5.84. The Labute approximate surface area is 115 Å². The molecule has 1 aromatic carbocycles. The van der Waals surface area contributed by atoms with E-state index in [1.165, 1.54) is 18.3 Å². The summed E-state index contributed by atoms with van der Waals surface area (Å²) in [5.74, 6) is -0.279. The average molecular weight is 274 g/mol. The first-order valence-corrected chi connectivity index (χ1v) is 6.65. The van der Waals surface area contributed by atoms with Gasteiger partial charge in [-0.3, -0.25) is 9.59 Å². The standard InChI is InChI=1S/C14H14N2O2S/c1-8-10(3)19-14(15-8)13(18)16-12-6-4-5-11(7-12)9(2)17/h4-7H,1-3H3,(H,16,18). The summed E-state index contributed by atoms with van der Waals surface area (Å²) >= 11 is 1.36. The van der Waals surface area contributed by atoms with E-state index in [9.17, 15) is 9.59 Å². The number of carbonyl (C=O) groups excluding carboxylic acids is 2. The van der Waals surface area contributed by atoms with E-state index in [1.54, 1.807) is 24.3 Å². The van der Waals surface area contributed by atoms with Gasteiger partial charge in [0.2, 0.25) is 0 Å². The van der Waals surface area contributed by atoms with Gasteiger partial charge in [-0.05, 0) is 32.9 Å². The molecule has 0 fully saturated rings. The van der Waals surface area contributed by atoms with Crippen molar-refractivity contribution in [1.82, 2.24) is 4.98 Å². The lowest BCUT2D eigenvalue weighted by Crippen LogP contribution is -2.12. The Bertz CT molecular complexity index is 627. The van der Waals surface area contributed by atoms with Crippen LogP contribution in [0.15, 0.2) is 24.3 Å². The predicted molar refractivity (Wildman–Crippen MR) is 76.0 cm³/mol. The first-order chi connectivity index (χ1) is 8.97. The van der Waals surface area contributed by atoms with Gasteiger partial charge >= 0.3 is 0 Å². The van der Waals surface area contributed by atoms with Crippen molar-refractivity contribution >= 4 is 28.7 Å². The van der Waals surface area contributed by atoms with Crippen molar-refractivity contribution in [3.63, 3.8) is 0 Å². The summed E-state index contributed by atoms with van der Waals surface area (Å²) in [6.07, 6.45) is 0. The van der Waals surface area contributed by atoms with Crippen molar-refractivity contribution in [1.29, 1.82) is 0 Å². The number of aryl methyl sites for hydroxylation is 2. The van der Waals surface area contributed by atoms with E-state index < -0.39 is 0 Å². The molecule has 0 saturated carbocycles. The third kappa shape index (κ3) is 3.06. The molecule has 0 atom stereocenters. The number of Topliss-reactive ketones (excluding diaryl/α,β-unsaturated/α-hetero) is 1. The summed E-state index contributed by atoms with van der Waals surface area (Å²) in [5, 5.41) is 3.18. The van der Waals surface area contributed by atoms with Crippen molar-refractivity contribution in [3.8, 4) is 0 Å². The molecule has 0 unspecified atom stereocenters. The summed E-state index contributed by atoms with van der Waals surface area (Å²) in [7, 11) is 0. The second-order valence-corrected chi connectivity index (χ2v) is 5.45. The number of nitrogens with zero attached hydrogens (tertiary/aromatic N) is 1. The van der Waals surface area contributed by atoms with Crippen LogP contribution in [0.5, 0.6) is 0 Å². The van der Waals surface area contributed by atoms with Crippen LogP contribution < -0.4 is 5.32 Å². The van der Waals surface area contributed by atoms with Crippen LogP contribution in [0, 0.1) is 13.8 Å². The maximum Gasteiger partial charge on any atom is 0.284 e. The maximum atomic E-state index is 12.0. The van der Waals surface area contributed by atoms with Gasteiger partial charge in [0.25, 0.3) is 5.91 Å². The fourth-order valence-corrected chi connectivity index (χ4v) is 2.38. The van der Waals surface area contributed by atoms with Gasteiger partial charge in [-0.2, -0.15) is 0 Å². The molecule has 1 heterocycles. The lowest BCUT2D eigenvalue weighted by atomic mass is 10.1. The highest BCUT2D eigenvalue weighted by Gasteiger charge is 2.13. The molecular formula is C14H14N2O2S. The Hall–Kier alpha value is -2.01. The Kier molecular flexibility index (Phi) is 3.76. The zero-order chi connectivity index (χ0) is 14.0. The molecule has 98 valence electrons. The lowest BCUT2D eigenvalue weighted by molar-refractivity contribution is 0.101. The smallest absolute Gasteiger partial charge is 0.284 e. The summed E-state index contributed by atoms with van der Waals surface area (Å²) < 4.78 is 0. The third-order valence-electron chi connectivity index (χ3n) is 2.75. The molecule has 0 radical (unpaired) electrons. The number of rotatable bonds is 3. The Morgan fingerprint density at radius 2 is 2.00 bits per heavy atom. The summed E-state index contributed by atoms with van der Waals surface area (Å²) in [5.41, 5.74) is 2.04. The summed E-state index contributed by atoms with van der Waals surface area (Å²) in [4.78, 5) is 28.5.